The zero-order valence-corrected chi connectivity index (χ0v) is 15.7. The van der Waals surface area contributed by atoms with Gasteiger partial charge in [-0.2, -0.15) is 0 Å². The van der Waals surface area contributed by atoms with Crippen LogP contribution in [0, 0.1) is 0 Å². The van der Waals surface area contributed by atoms with Crippen molar-refractivity contribution in [1.82, 2.24) is 4.98 Å². The molecule has 2 aromatic rings. The molecule has 1 aromatic carbocycles. The van der Waals surface area contributed by atoms with Crippen LogP contribution in [-0.2, 0) is 16.6 Å². The Morgan fingerprint density at radius 3 is 2.50 bits per heavy atom. The van der Waals surface area contributed by atoms with Crippen LogP contribution in [0.2, 0.25) is 0 Å². The van der Waals surface area contributed by atoms with E-state index in [-0.39, 0.29) is 11.3 Å². The molecule has 0 fully saturated rings. The number of rotatable bonds is 5. The van der Waals surface area contributed by atoms with E-state index in [0.29, 0.717) is 5.13 Å². The smallest absolute Gasteiger partial charge is 0.249 e. The third-order valence-corrected chi connectivity index (χ3v) is 4.45. The van der Waals surface area contributed by atoms with Crippen LogP contribution >= 0.6 is 11.3 Å². The molecule has 1 aromatic heterocycles. The van der Waals surface area contributed by atoms with Crippen molar-refractivity contribution in [2.45, 2.75) is 39.5 Å². The molecule has 1 amide bonds. The minimum Gasteiger partial charge on any atom is -0.497 e. The van der Waals surface area contributed by atoms with Crippen LogP contribution < -0.4 is 10.1 Å². The number of hydrogen-bond donors (Lipinski definition) is 1. The predicted molar refractivity (Wildman–Crippen MR) is 100 cm³/mol. The molecule has 0 saturated carbocycles. The van der Waals surface area contributed by atoms with Gasteiger partial charge in [-0.15, -0.1) is 11.3 Å². The molecule has 0 saturated heterocycles. The monoisotopic (exact) mass is 344 g/mol. The van der Waals surface area contributed by atoms with E-state index in [9.17, 15) is 4.79 Å². The SMILES string of the molecule is C/C=C/C(=O)Nc1nc(C(C)(C)C)c(Cc2ccc(OC)cc2)s1. The number of benzene rings is 1. The summed E-state index contributed by atoms with van der Waals surface area (Å²) in [4.78, 5) is 17.6. The standard InChI is InChI=1S/C19H24N2O2S/c1-6-7-16(22)20-18-21-17(19(2,3)4)15(24-18)12-13-8-10-14(23-5)11-9-13/h6-11H,12H2,1-5H3,(H,20,21,22)/b7-6+. The van der Waals surface area contributed by atoms with E-state index < -0.39 is 0 Å². The fourth-order valence-electron chi connectivity index (χ4n) is 2.34. The number of thiazole rings is 1. The highest BCUT2D eigenvalue weighted by molar-refractivity contribution is 7.16. The lowest BCUT2D eigenvalue weighted by Gasteiger charge is -2.17. The number of nitrogens with zero attached hydrogens (tertiary/aromatic N) is 1. The Balaban J connectivity index is 2.29. The van der Waals surface area contributed by atoms with Gasteiger partial charge in [0.1, 0.15) is 5.75 Å². The molecule has 0 atom stereocenters. The van der Waals surface area contributed by atoms with Gasteiger partial charge in [0.15, 0.2) is 5.13 Å². The molecule has 0 aliphatic heterocycles. The first-order valence-electron chi connectivity index (χ1n) is 7.90. The van der Waals surface area contributed by atoms with Gasteiger partial charge < -0.3 is 4.74 Å². The van der Waals surface area contributed by atoms with Gasteiger partial charge in [0, 0.05) is 16.7 Å². The summed E-state index contributed by atoms with van der Waals surface area (Å²) in [7, 11) is 1.66. The van der Waals surface area contributed by atoms with E-state index in [1.807, 2.05) is 19.1 Å². The van der Waals surface area contributed by atoms with Crippen LogP contribution in [0.1, 0.15) is 43.8 Å². The van der Waals surface area contributed by atoms with Gasteiger partial charge in [0.2, 0.25) is 5.91 Å². The molecule has 1 heterocycles. The second-order valence-corrected chi connectivity index (χ2v) is 7.64. The van der Waals surface area contributed by atoms with Gasteiger partial charge >= 0.3 is 0 Å². The molecule has 0 unspecified atom stereocenters. The molecule has 2 rings (SSSR count). The summed E-state index contributed by atoms with van der Waals surface area (Å²) in [5.41, 5.74) is 2.14. The molecule has 5 heteroatoms. The second kappa shape index (κ2) is 7.62. The van der Waals surface area contributed by atoms with Crippen LogP contribution in [0.25, 0.3) is 0 Å². The Morgan fingerprint density at radius 2 is 1.96 bits per heavy atom. The highest BCUT2D eigenvalue weighted by Crippen LogP contribution is 2.34. The van der Waals surface area contributed by atoms with Crippen LogP contribution in [-0.4, -0.2) is 18.0 Å². The van der Waals surface area contributed by atoms with Crippen molar-refractivity contribution < 1.29 is 9.53 Å². The minimum absolute atomic E-state index is 0.0815. The lowest BCUT2D eigenvalue weighted by molar-refractivity contribution is -0.111. The predicted octanol–water partition coefficient (Wildman–Crippen LogP) is 4.55. The van der Waals surface area contributed by atoms with Gasteiger partial charge in [-0.25, -0.2) is 4.98 Å². The second-order valence-electron chi connectivity index (χ2n) is 6.55. The topological polar surface area (TPSA) is 51.2 Å². The van der Waals surface area contributed by atoms with Gasteiger partial charge in [0.05, 0.1) is 12.8 Å². The number of hydrogen-bond acceptors (Lipinski definition) is 4. The number of allylic oxidation sites excluding steroid dienone is 1. The Bertz CT molecular complexity index is 725. The third-order valence-electron chi connectivity index (χ3n) is 3.48. The minimum atomic E-state index is -0.150. The normalized spacial score (nSPS) is 11.7. The first-order valence-corrected chi connectivity index (χ1v) is 8.72. The number of amides is 1. The van der Waals surface area contributed by atoms with E-state index in [1.54, 1.807) is 13.2 Å². The summed E-state index contributed by atoms with van der Waals surface area (Å²) < 4.78 is 5.20. The largest absolute Gasteiger partial charge is 0.497 e. The van der Waals surface area contributed by atoms with Crippen molar-refractivity contribution in [1.29, 1.82) is 0 Å². The van der Waals surface area contributed by atoms with Gasteiger partial charge in [-0.05, 0) is 30.7 Å². The molecular weight excluding hydrogens is 320 g/mol. The summed E-state index contributed by atoms with van der Waals surface area (Å²) in [5, 5.41) is 3.49. The van der Waals surface area contributed by atoms with Gasteiger partial charge in [-0.1, -0.05) is 39.0 Å². The Labute approximate surface area is 147 Å². The molecule has 1 N–H and O–H groups in total. The molecule has 24 heavy (non-hydrogen) atoms. The molecule has 128 valence electrons. The summed E-state index contributed by atoms with van der Waals surface area (Å²) in [6.45, 7) is 8.22. The maximum Gasteiger partial charge on any atom is 0.249 e. The maximum atomic E-state index is 11.8. The third kappa shape index (κ3) is 4.68. The molecular formula is C19H24N2O2S. The molecule has 0 bridgehead atoms. The number of ether oxygens (including phenoxy) is 1. The highest BCUT2D eigenvalue weighted by atomic mass is 32.1. The molecule has 0 spiro atoms. The number of methoxy groups -OCH3 is 1. The summed E-state index contributed by atoms with van der Waals surface area (Å²) in [5.74, 6) is 0.695. The van der Waals surface area contributed by atoms with Crippen molar-refractivity contribution >= 4 is 22.4 Å². The van der Waals surface area contributed by atoms with Crippen LogP contribution in [0.4, 0.5) is 5.13 Å². The average Bonchev–Trinajstić information content (AvgIpc) is 2.91. The maximum absolute atomic E-state index is 11.8. The molecule has 0 aliphatic rings. The first-order chi connectivity index (χ1) is 11.3. The Kier molecular flexibility index (Phi) is 5.78. The lowest BCUT2D eigenvalue weighted by atomic mass is 9.90. The first kappa shape index (κ1) is 18.2. The number of aromatic nitrogens is 1. The lowest BCUT2D eigenvalue weighted by Crippen LogP contribution is -2.15. The fraction of sp³-hybridized carbons (Fsp3) is 0.368. The van der Waals surface area contributed by atoms with Crippen LogP contribution in [0.5, 0.6) is 5.75 Å². The van der Waals surface area contributed by atoms with Crippen LogP contribution in [0.3, 0.4) is 0 Å². The summed E-state index contributed by atoms with van der Waals surface area (Å²) in [6.07, 6.45) is 4.00. The van der Waals surface area contributed by atoms with Crippen molar-refractivity contribution in [2.24, 2.45) is 0 Å². The Morgan fingerprint density at radius 1 is 1.29 bits per heavy atom. The van der Waals surface area contributed by atoms with Crippen molar-refractivity contribution in [3.63, 3.8) is 0 Å². The zero-order valence-electron chi connectivity index (χ0n) is 14.8. The summed E-state index contributed by atoms with van der Waals surface area (Å²) >= 11 is 1.54. The summed E-state index contributed by atoms with van der Waals surface area (Å²) in [6, 6.07) is 8.04. The van der Waals surface area contributed by atoms with E-state index in [4.69, 9.17) is 4.74 Å². The highest BCUT2D eigenvalue weighted by Gasteiger charge is 2.23. The molecule has 0 aliphatic carbocycles. The van der Waals surface area contributed by atoms with Gasteiger partial charge in [0.25, 0.3) is 0 Å². The van der Waals surface area contributed by atoms with E-state index in [1.165, 1.54) is 27.9 Å². The van der Waals surface area contributed by atoms with Crippen molar-refractivity contribution in [3.8, 4) is 5.75 Å². The molecule has 4 nitrogen and oxygen atoms in total. The van der Waals surface area contributed by atoms with E-state index >= 15 is 0 Å². The average molecular weight is 344 g/mol. The van der Waals surface area contributed by atoms with E-state index in [0.717, 1.165) is 17.9 Å². The van der Waals surface area contributed by atoms with Crippen molar-refractivity contribution in [2.75, 3.05) is 12.4 Å². The van der Waals surface area contributed by atoms with E-state index in [2.05, 4.69) is 43.2 Å². The Hall–Kier alpha value is -2.14. The van der Waals surface area contributed by atoms with Crippen molar-refractivity contribution in [3.05, 3.63) is 52.6 Å². The zero-order chi connectivity index (χ0) is 17.7. The number of carbonyl (C=O) groups is 1. The van der Waals surface area contributed by atoms with Gasteiger partial charge in [-0.3, -0.25) is 10.1 Å². The number of anilines is 1. The number of carbonyl (C=O) groups excluding carboxylic acids is 1. The quantitative estimate of drug-likeness (QED) is 0.809. The van der Waals surface area contributed by atoms with Crippen LogP contribution in [0.15, 0.2) is 36.4 Å². The fourth-order valence-corrected chi connectivity index (χ4v) is 3.55. The molecule has 0 radical (unpaired) electrons. The number of nitrogens with one attached hydrogen (secondary N) is 1.